The summed E-state index contributed by atoms with van der Waals surface area (Å²) in [7, 11) is 0. The highest BCUT2D eigenvalue weighted by Gasteiger charge is 2.45. The Bertz CT molecular complexity index is 830. The monoisotopic (exact) mass is 341 g/mol. The van der Waals surface area contributed by atoms with Crippen LogP contribution in [0.4, 0.5) is 4.39 Å². The second-order valence-electron chi connectivity index (χ2n) is 5.63. The van der Waals surface area contributed by atoms with Gasteiger partial charge in [-0.25, -0.2) is 4.39 Å². The molecule has 5 nitrogen and oxygen atoms in total. The van der Waals surface area contributed by atoms with Crippen molar-refractivity contribution in [3.8, 4) is 0 Å². The van der Waals surface area contributed by atoms with Crippen LogP contribution in [-0.2, 0) is 9.59 Å². The normalized spacial score (nSPS) is 19.4. The molecule has 3 rings (SSSR count). The minimum absolute atomic E-state index is 0.0374. The fourth-order valence-corrected chi connectivity index (χ4v) is 2.96. The van der Waals surface area contributed by atoms with Gasteiger partial charge in [-0.2, -0.15) is 0 Å². The van der Waals surface area contributed by atoms with Gasteiger partial charge >= 0.3 is 0 Å². The highest BCUT2D eigenvalue weighted by molar-refractivity contribution is 6.46. The summed E-state index contributed by atoms with van der Waals surface area (Å²) in [4.78, 5) is 26.1. The number of carbonyl (C=O) groups excluding carboxylic acids is 2. The first kappa shape index (κ1) is 16.9. The molecule has 0 bridgehead atoms. The van der Waals surface area contributed by atoms with E-state index in [0.29, 0.717) is 5.56 Å². The number of aliphatic hydroxyl groups excluding tert-OH is 2. The fourth-order valence-electron chi connectivity index (χ4n) is 2.96. The summed E-state index contributed by atoms with van der Waals surface area (Å²) in [5.41, 5.74) is 0.805. The molecule has 1 atom stereocenters. The number of hydrogen-bond donors (Lipinski definition) is 2. The Labute approximate surface area is 143 Å². The number of nitrogens with zero attached hydrogens (tertiary/aromatic N) is 1. The Morgan fingerprint density at radius 1 is 1.04 bits per heavy atom. The maximum atomic E-state index is 13.1. The molecule has 25 heavy (non-hydrogen) atoms. The fraction of sp³-hybridized carbons (Fsp3) is 0.158. The smallest absolute Gasteiger partial charge is 0.295 e. The minimum atomic E-state index is -0.830. The molecular formula is C19H16FNO4. The SMILES string of the molecule is O=C1C(=O)N(CCO)C(c2ccccc2)/C1=C(/O)c1ccc(F)cc1. The molecule has 0 spiro atoms. The van der Waals surface area contributed by atoms with E-state index in [1.54, 1.807) is 30.3 Å². The van der Waals surface area contributed by atoms with Crippen molar-refractivity contribution in [3.05, 3.63) is 77.1 Å². The number of halogens is 1. The molecule has 0 saturated carbocycles. The van der Waals surface area contributed by atoms with Crippen molar-refractivity contribution < 1.29 is 24.2 Å². The van der Waals surface area contributed by atoms with Crippen LogP contribution in [0.1, 0.15) is 17.2 Å². The minimum Gasteiger partial charge on any atom is -0.507 e. The first-order valence-corrected chi connectivity index (χ1v) is 7.74. The lowest BCUT2D eigenvalue weighted by Gasteiger charge is -2.24. The molecule has 0 aliphatic carbocycles. The number of carbonyl (C=O) groups is 2. The topological polar surface area (TPSA) is 77.8 Å². The maximum Gasteiger partial charge on any atom is 0.295 e. The highest BCUT2D eigenvalue weighted by atomic mass is 19.1. The maximum absolute atomic E-state index is 13.1. The zero-order valence-corrected chi connectivity index (χ0v) is 13.2. The Kier molecular flexibility index (Phi) is 4.63. The van der Waals surface area contributed by atoms with Crippen LogP contribution in [-0.4, -0.2) is 40.0 Å². The molecule has 128 valence electrons. The van der Waals surface area contributed by atoms with Gasteiger partial charge in [-0.3, -0.25) is 9.59 Å². The van der Waals surface area contributed by atoms with Gasteiger partial charge in [-0.15, -0.1) is 0 Å². The molecule has 1 saturated heterocycles. The summed E-state index contributed by atoms with van der Waals surface area (Å²) < 4.78 is 13.1. The van der Waals surface area contributed by atoms with Crippen LogP contribution in [0.25, 0.3) is 5.76 Å². The Balaban J connectivity index is 2.17. The Hall–Kier alpha value is -2.99. The lowest BCUT2D eigenvalue weighted by Crippen LogP contribution is -2.32. The number of rotatable bonds is 4. The predicted molar refractivity (Wildman–Crippen MR) is 88.9 cm³/mol. The second kappa shape index (κ2) is 6.86. The van der Waals surface area contributed by atoms with Gasteiger partial charge in [0.1, 0.15) is 11.6 Å². The zero-order valence-electron chi connectivity index (χ0n) is 13.2. The predicted octanol–water partition coefficient (Wildman–Crippen LogP) is 2.24. The molecule has 1 unspecified atom stereocenters. The van der Waals surface area contributed by atoms with Crippen molar-refractivity contribution in [2.75, 3.05) is 13.2 Å². The zero-order chi connectivity index (χ0) is 18.0. The number of hydrogen-bond acceptors (Lipinski definition) is 4. The van der Waals surface area contributed by atoms with Crippen LogP contribution in [0, 0.1) is 5.82 Å². The number of Topliss-reactive ketones (excluding diaryl/α,β-unsaturated/α-hetero) is 1. The van der Waals surface area contributed by atoms with Crippen molar-refractivity contribution in [1.29, 1.82) is 0 Å². The third kappa shape index (κ3) is 3.04. The molecule has 1 aliphatic heterocycles. The van der Waals surface area contributed by atoms with E-state index in [0.717, 1.165) is 12.1 Å². The van der Waals surface area contributed by atoms with E-state index in [2.05, 4.69) is 0 Å². The molecule has 1 fully saturated rings. The van der Waals surface area contributed by atoms with Gasteiger partial charge < -0.3 is 15.1 Å². The first-order chi connectivity index (χ1) is 12.0. The van der Waals surface area contributed by atoms with Crippen molar-refractivity contribution in [2.45, 2.75) is 6.04 Å². The number of likely N-dealkylation sites (tertiary alicyclic amines) is 1. The molecule has 1 amide bonds. The lowest BCUT2D eigenvalue weighted by molar-refractivity contribution is -0.140. The summed E-state index contributed by atoms with van der Waals surface area (Å²) >= 11 is 0. The molecule has 0 radical (unpaired) electrons. The molecule has 2 aromatic rings. The van der Waals surface area contributed by atoms with E-state index in [-0.39, 0.29) is 30.0 Å². The van der Waals surface area contributed by atoms with Crippen molar-refractivity contribution >= 4 is 17.4 Å². The summed E-state index contributed by atoms with van der Waals surface area (Å²) in [6, 6.07) is 13.0. The van der Waals surface area contributed by atoms with Crippen molar-refractivity contribution in [3.63, 3.8) is 0 Å². The molecular weight excluding hydrogens is 325 g/mol. The van der Waals surface area contributed by atoms with Crippen LogP contribution in [0.3, 0.4) is 0 Å². The van der Waals surface area contributed by atoms with Gasteiger partial charge in [0.25, 0.3) is 11.7 Å². The van der Waals surface area contributed by atoms with Crippen molar-refractivity contribution in [2.24, 2.45) is 0 Å². The summed E-state index contributed by atoms with van der Waals surface area (Å²) in [6.45, 7) is -0.350. The molecule has 1 aliphatic rings. The van der Waals surface area contributed by atoms with Gasteiger partial charge in [0.15, 0.2) is 0 Å². The second-order valence-corrected chi connectivity index (χ2v) is 5.63. The van der Waals surface area contributed by atoms with Gasteiger partial charge in [0, 0.05) is 12.1 Å². The molecule has 2 N–H and O–H groups in total. The number of aliphatic hydroxyl groups is 2. The van der Waals surface area contributed by atoms with Crippen LogP contribution in [0.2, 0.25) is 0 Å². The Morgan fingerprint density at radius 2 is 1.68 bits per heavy atom. The molecule has 0 aromatic heterocycles. The average molecular weight is 341 g/mol. The quantitative estimate of drug-likeness (QED) is 0.508. The van der Waals surface area contributed by atoms with Gasteiger partial charge in [0.2, 0.25) is 0 Å². The number of β-amino-alcohol motifs (C(OH)–C–C–N with tert-alkyl or cyclic N) is 1. The van der Waals surface area contributed by atoms with Gasteiger partial charge in [-0.1, -0.05) is 30.3 Å². The van der Waals surface area contributed by atoms with E-state index in [1.165, 1.54) is 17.0 Å². The third-order valence-corrected chi connectivity index (χ3v) is 4.11. The third-order valence-electron chi connectivity index (χ3n) is 4.11. The lowest BCUT2D eigenvalue weighted by atomic mass is 9.95. The van der Waals surface area contributed by atoms with E-state index in [1.807, 2.05) is 0 Å². The standard InChI is InChI=1S/C19H16FNO4/c20-14-8-6-13(7-9-14)17(23)15-16(12-4-2-1-3-5-12)21(10-11-22)19(25)18(15)24/h1-9,16,22-23H,10-11H2/b17-15-. The summed E-state index contributed by atoms with van der Waals surface area (Å²) in [5.74, 6) is -2.46. The molecule has 6 heteroatoms. The Morgan fingerprint density at radius 3 is 2.28 bits per heavy atom. The number of ketones is 1. The van der Waals surface area contributed by atoms with E-state index < -0.39 is 23.5 Å². The molecule has 1 heterocycles. The van der Waals surface area contributed by atoms with Crippen molar-refractivity contribution in [1.82, 2.24) is 4.90 Å². The van der Waals surface area contributed by atoms with Gasteiger partial charge in [-0.05, 0) is 29.8 Å². The first-order valence-electron chi connectivity index (χ1n) is 7.74. The summed E-state index contributed by atoms with van der Waals surface area (Å²) in [5, 5.41) is 19.9. The van der Waals surface area contributed by atoms with Crippen LogP contribution < -0.4 is 0 Å². The average Bonchev–Trinajstić information content (AvgIpc) is 2.88. The largest absolute Gasteiger partial charge is 0.507 e. The highest BCUT2D eigenvalue weighted by Crippen LogP contribution is 2.38. The summed E-state index contributed by atoms with van der Waals surface area (Å²) in [6.07, 6.45) is 0. The number of benzene rings is 2. The van der Waals surface area contributed by atoms with Crippen LogP contribution >= 0.6 is 0 Å². The van der Waals surface area contributed by atoms with Crippen LogP contribution in [0.5, 0.6) is 0 Å². The van der Waals surface area contributed by atoms with Crippen LogP contribution in [0.15, 0.2) is 60.2 Å². The van der Waals surface area contributed by atoms with Gasteiger partial charge in [0.05, 0.1) is 18.2 Å². The van der Waals surface area contributed by atoms with E-state index >= 15 is 0 Å². The number of amides is 1. The molecule has 2 aromatic carbocycles. The van der Waals surface area contributed by atoms with E-state index in [9.17, 15) is 24.2 Å². The van der Waals surface area contributed by atoms with E-state index in [4.69, 9.17) is 0 Å².